The molecule has 4 aromatic rings. The van der Waals surface area contributed by atoms with Gasteiger partial charge in [0.15, 0.2) is 0 Å². The van der Waals surface area contributed by atoms with Crippen molar-refractivity contribution in [2.75, 3.05) is 19.1 Å². The number of fused-ring (bicyclic) bond motifs is 1. The quantitative estimate of drug-likeness (QED) is 0.196. The Morgan fingerprint density at radius 3 is 2.38 bits per heavy atom. The molecule has 1 aliphatic rings. The summed E-state index contributed by atoms with van der Waals surface area (Å²) in [5.41, 5.74) is 3.49. The number of amides is 1. The minimum Gasteiger partial charge on any atom is -0.507 e. The highest BCUT2D eigenvalue weighted by molar-refractivity contribution is 6.52. The third-order valence-electron chi connectivity index (χ3n) is 6.86. The van der Waals surface area contributed by atoms with Gasteiger partial charge >= 0.3 is 0 Å². The Bertz CT molecular complexity index is 1530. The zero-order valence-corrected chi connectivity index (χ0v) is 21.1. The minimum atomic E-state index is -0.864. The normalized spacial score (nSPS) is 17.1. The number of aromatic nitrogens is 1. The van der Waals surface area contributed by atoms with Crippen LogP contribution in [-0.2, 0) is 9.59 Å². The average molecular weight is 497 g/mol. The van der Waals surface area contributed by atoms with Crippen LogP contribution in [0.25, 0.3) is 16.7 Å². The number of para-hydroxylation sites is 1. The molecule has 1 unspecified atom stereocenters. The van der Waals surface area contributed by atoms with E-state index in [0.717, 1.165) is 16.5 Å². The average Bonchev–Trinajstić information content (AvgIpc) is 3.46. The summed E-state index contributed by atoms with van der Waals surface area (Å²) in [5, 5.41) is 12.4. The van der Waals surface area contributed by atoms with Gasteiger partial charge in [0.1, 0.15) is 17.3 Å². The SMILES string of the molecule is COc1ccc(OC)c(/C(O)=C2\C(=O)C(=O)N(c3ccc(C(C)C)cc3)C2c2c[nH]c3ccccc23)c1. The summed E-state index contributed by atoms with van der Waals surface area (Å²) >= 11 is 0. The van der Waals surface area contributed by atoms with E-state index < -0.39 is 17.7 Å². The van der Waals surface area contributed by atoms with E-state index >= 15 is 0 Å². The zero-order chi connectivity index (χ0) is 26.3. The van der Waals surface area contributed by atoms with Crippen LogP contribution < -0.4 is 14.4 Å². The fourth-order valence-corrected chi connectivity index (χ4v) is 4.88. The topological polar surface area (TPSA) is 91.9 Å². The number of aliphatic hydroxyl groups is 1. The van der Waals surface area contributed by atoms with Crippen LogP contribution in [0, 0.1) is 0 Å². The highest BCUT2D eigenvalue weighted by Gasteiger charge is 2.48. The number of aromatic amines is 1. The van der Waals surface area contributed by atoms with Gasteiger partial charge in [-0.1, -0.05) is 44.2 Å². The van der Waals surface area contributed by atoms with Gasteiger partial charge in [-0.15, -0.1) is 0 Å². The van der Waals surface area contributed by atoms with Gasteiger partial charge in [-0.05, 0) is 47.9 Å². The predicted molar refractivity (Wildman–Crippen MR) is 143 cm³/mol. The molecule has 0 bridgehead atoms. The number of anilines is 1. The summed E-state index contributed by atoms with van der Waals surface area (Å²) in [6.45, 7) is 4.18. The zero-order valence-electron chi connectivity index (χ0n) is 21.1. The van der Waals surface area contributed by atoms with E-state index in [1.54, 1.807) is 24.4 Å². The monoisotopic (exact) mass is 496 g/mol. The van der Waals surface area contributed by atoms with Crippen LogP contribution in [0.4, 0.5) is 5.69 Å². The van der Waals surface area contributed by atoms with Crippen molar-refractivity contribution in [2.45, 2.75) is 25.8 Å². The first-order valence-electron chi connectivity index (χ1n) is 12.0. The van der Waals surface area contributed by atoms with Crippen molar-refractivity contribution in [3.8, 4) is 11.5 Å². The van der Waals surface area contributed by atoms with Gasteiger partial charge in [-0.25, -0.2) is 0 Å². The Labute approximate surface area is 214 Å². The van der Waals surface area contributed by atoms with Gasteiger partial charge in [0.05, 0.1) is 31.4 Å². The molecular weight excluding hydrogens is 468 g/mol. The van der Waals surface area contributed by atoms with Crippen molar-refractivity contribution < 1.29 is 24.2 Å². The number of hydrogen-bond acceptors (Lipinski definition) is 5. The van der Waals surface area contributed by atoms with Crippen LogP contribution >= 0.6 is 0 Å². The minimum absolute atomic E-state index is 0.0192. The molecule has 2 heterocycles. The van der Waals surface area contributed by atoms with Crippen molar-refractivity contribution in [3.05, 3.63) is 95.2 Å². The molecule has 0 aliphatic carbocycles. The fraction of sp³-hybridized carbons (Fsp3) is 0.200. The van der Waals surface area contributed by atoms with Crippen molar-refractivity contribution >= 4 is 34.0 Å². The summed E-state index contributed by atoms with van der Waals surface area (Å²) in [5.74, 6) is -0.672. The number of nitrogens with one attached hydrogen (secondary N) is 1. The lowest BCUT2D eigenvalue weighted by Gasteiger charge is -2.25. The molecule has 0 saturated carbocycles. The number of H-pyrrole nitrogens is 1. The molecule has 7 nitrogen and oxygen atoms in total. The molecule has 2 N–H and O–H groups in total. The highest BCUT2D eigenvalue weighted by atomic mass is 16.5. The Balaban J connectivity index is 1.77. The Morgan fingerprint density at radius 1 is 0.973 bits per heavy atom. The standard InChI is InChI=1S/C30H28N2O5/c1-17(2)18-9-11-19(12-10-18)32-27(23-16-31-24-8-6-5-7-21(23)24)26(29(34)30(32)35)28(33)22-15-20(36-3)13-14-25(22)37-4/h5-17,27,31,33H,1-4H3/b28-26+. The first-order valence-corrected chi connectivity index (χ1v) is 12.0. The molecular formula is C30H28N2O5. The van der Waals surface area contributed by atoms with Crippen molar-refractivity contribution in [3.63, 3.8) is 0 Å². The summed E-state index contributed by atoms with van der Waals surface area (Å²) in [7, 11) is 2.99. The summed E-state index contributed by atoms with van der Waals surface area (Å²) in [6, 6.07) is 19.3. The van der Waals surface area contributed by atoms with E-state index in [9.17, 15) is 14.7 Å². The van der Waals surface area contributed by atoms with Crippen LogP contribution in [0.1, 0.15) is 42.5 Å². The van der Waals surface area contributed by atoms with Crippen LogP contribution in [0.15, 0.2) is 78.5 Å². The number of ether oxygens (including phenoxy) is 2. The molecule has 1 atom stereocenters. The van der Waals surface area contributed by atoms with Crippen molar-refractivity contribution in [1.29, 1.82) is 0 Å². The lowest BCUT2D eigenvalue weighted by atomic mass is 9.94. The van der Waals surface area contributed by atoms with Gasteiger partial charge in [0, 0.05) is 28.4 Å². The number of rotatable bonds is 6. The van der Waals surface area contributed by atoms with E-state index in [1.807, 2.05) is 48.5 Å². The first kappa shape index (κ1) is 24.2. The number of nitrogens with zero attached hydrogens (tertiary/aromatic N) is 1. The highest BCUT2D eigenvalue weighted by Crippen LogP contribution is 2.45. The maximum Gasteiger partial charge on any atom is 0.300 e. The van der Waals surface area contributed by atoms with E-state index in [-0.39, 0.29) is 16.9 Å². The first-order chi connectivity index (χ1) is 17.8. The van der Waals surface area contributed by atoms with E-state index in [0.29, 0.717) is 28.7 Å². The number of hydrogen-bond donors (Lipinski definition) is 2. The Morgan fingerprint density at radius 2 is 1.70 bits per heavy atom. The second-order valence-electron chi connectivity index (χ2n) is 9.27. The van der Waals surface area contributed by atoms with Crippen LogP contribution in [0.5, 0.6) is 11.5 Å². The number of methoxy groups -OCH3 is 2. The number of aliphatic hydroxyl groups excluding tert-OH is 1. The lowest BCUT2D eigenvalue weighted by Crippen LogP contribution is -2.29. The van der Waals surface area contributed by atoms with Gasteiger partial charge in [-0.2, -0.15) is 0 Å². The number of ketones is 1. The molecule has 3 aromatic carbocycles. The Kier molecular flexibility index (Phi) is 6.21. The van der Waals surface area contributed by atoms with E-state index in [1.165, 1.54) is 19.1 Å². The third-order valence-corrected chi connectivity index (χ3v) is 6.86. The molecule has 7 heteroatoms. The van der Waals surface area contributed by atoms with Gasteiger partial charge < -0.3 is 19.6 Å². The third kappa shape index (κ3) is 4.02. The van der Waals surface area contributed by atoms with Gasteiger partial charge in [0.2, 0.25) is 0 Å². The number of benzene rings is 3. The maximum atomic E-state index is 13.6. The van der Waals surface area contributed by atoms with Crippen molar-refractivity contribution in [2.24, 2.45) is 0 Å². The lowest BCUT2D eigenvalue weighted by molar-refractivity contribution is -0.132. The molecule has 1 amide bonds. The maximum absolute atomic E-state index is 13.6. The fourth-order valence-electron chi connectivity index (χ4n) is 4.88. The van der Waals surface area contributed by atoms with Gasteiger partial charge in [-0.3, -0.25) is 14.5 Å². The molecule has 1 aromatic heterocycles. The summed E-state index contributed by atoms with van der Waals surface area (Å²) in [6.07, 6.45) is 1.78. The molecule has 0 spiro atoms. The van der Waals surface area contributed by atoms with Crippen LogP contribution in [-0.4, -0.2) is 36.0 Å². The van der Waals surface area contributed by atoms with E-state index in [2.05, 4.69) is 18.8 Å². The number of carbonyl (C=O) groups excluding carboxylic acids is 2. The molecule has 1 saturated heterocycles. The molecule has 5 rings (SSSR count). The van der Waals surface area contributed by atoms with Gasteiger partial charge in [0.25, 0.3) is 11.7 Å². The van der Waals surface area contributed by atoms with E-state index in [4.69, 9.17) is 9.47 Å². The molecule has 188 valence electrons. The molecule has 1 fully saturated rings. The van der Waals surface area contributed by atoms with Crippen LogP contribution in [0.2, 0.25) is 0 Å². The molecule has 1 aliphatic heterocycles. The smallest absolute Gasteiger partial charge is 0.300 e. The summed E-state index contributed by atoms with van der Waals surface area (Å²) in [4.78, 5) is 31.8. The van der Waals surface area contributed by atoms with Crippen LogP contribution in [0.3, 0.4) is 0 Å². The second kappa shape index (κ2) is 9.50. The number of Topliss-reactive ketones (excluding diaryl/α,β-unsaturated/α-hetero) is 1. The predicted octanol–water partition coefficient (Wildman–Crippen LogP) is 5.93. The molecule has 0 radical (unpaired) electrons. The second-order valence-corrected chi connectivity index (χ2v) is 9.27. The largest absolute Gasteiger partial charge is 0.507 e. The number of carbonyl (C=O) groups is 2. The summed E-state index contributed by atoms with van der Waals surface area (Å²) < 4.78 is 10.8. The Hall–Kier alpha value is -4.52. The van der Waals surface area contributed by atoms with Crippen molar-refractivity contribution in [1.82, 2.24) is 4.98 Å². The molecule has 37 heavy (non-hydrogen) atoms.